The van der Waals surface area contributed by atoms with Gasteiger partial charge in [0.1, 0.15) is 11.4 Å². The van der Waals surface area contributed by atoms with E-state index in [0.29, 0.717) is 0 Å². The minimum atomic E-state index is -3.63. The Balaban J connectivity index is 3.49. The van der Waals surface area contributed by atoms with Crippen molar-refractivity contribution in [2.24, 2.45) is 0 Å². The molecule has 0 saturated carbocycles. The van der Waals surface area contributed by atoms with Gasteiger partial charge in [0, 0.05) is 6.54 Å². The highest BCUT2D eigenvalue weighted by atomic mass is 32.2. The van der Waals surface area contributed by atoms with Crippen molar-refractivity contribution < 1.29 is 22.7 Å². The SMILES string of the molecule is CCN(c1cccc(F)c1C(=O)O)S(=O)(=O)CC. The second-order valence-electron chi connectivity index (χ2n) is 3.50. The maximum Gasteiger partial charge on any atom is 0.340 e. The molecule has 5 nitrogen and oxygen atoms in total. The van der Waals surface area contributed by atoms with Crippen LogP contribution in [-0.2, 0) is 10.0 Å². The van der Waals surface area contributed by atoms with Crippen LogP contribution in [0.4, 0.5) is 10.1 Å². The second kappa shape index (κ2) is 5.34. The smallest absolute Gasteiger partial charge is 0.340 e. The molecule has 0 heterocycles. The van der Waals surface area contributed by atoms with Crippen LogP contribution in [0.25, 0.3) is 0 Å². The number of sulfonamides is 1. The highest BCUT2D eigenvalue weighted by molar-refractivity contribution is 7.92. The van der Waals surface area contributed by atoms with Gasteiger partial charge in [-0.3, -0.25) is 4.31 Å². The lowest BCUT2D eigenvalue weighted by atomic mass is 10.1. The Morgan fingerprint density at radius 3 is 2.44 bits per heavy atom. The number of anilines is 1. The summed E-state index contributed by atoms with van der Waals surface area (Å²) in [5.74, 6) is -2.63. The molecule has 0 aromatic heterocycles. The van der Waals surface area contributed by atoms with Crippen molar-refractivity contribution >= 4 is 21.7 Å². The van der Waals surface area contributed by atoms with Crippen LogP contribution >= 0.6 is 0 Å². The zero-order valence-corrected chi connectivity index (χ0v) is 10.9. The minimum Gasteiger partial charge on any atom is -0.478 e. The maximum atomic E-state index is 13.5. The quantitative estimate of drug-likeness (QED) is 0.887. The Kier molecular flexibility index (Phi) is 4.28. The number of benzene rings is 1. The summed E-state index contributed by atoms with van der Waals surface area (Å²) in [5.41, 5.74) is -0.775. The molecule has 1 aromatic rings. The van der Waals surface area contributed by atoms with Gasteiger partial charge in [-0.05, 0) is 26.0 Å². The Morgan fingerprint density at radius 2 is 2.00 bits per heavy atom. The third-order valence-electron chi connectivity index (χ3n) is 2.46. The summed E-state index contributed by atoms with van der Waals surface area (Å²) in [6.45, 7) is 3.04. The molecule has 0 fully saturated rings. The van der Waals surface area contributed by atoms with E-state index < -0.39 is 27.4 Å². The van der Waals surface area contributed by atoms with E-state index >= 15 is 0 Å². The molecule has 0 spiro atoms. The zero-order chi connectivity index (χ0) is 13.9. The molecule has 0 unspecified atom stereocenters. The van der Waals surface area contributed by atoms with Crippen LogP contribution < -0.4 is 4.31 Å². The van der Waals surface area contributed by atoms with Crippen LogP contribution in [0.1, 0.15) is 24.2 Å². The molecule has 0 atom stereocenters. The van der Waals surface area contributed by atoms with Crippen LogP contribution in [-0.4, -0.2) is 31.8 Å². The van der Waals surface area contributed by atoms with Gasteiger partial charge in [-0.25, -0.2) is 17.6 Å². The highest BCUT2D eigenvalue weighted by Gasteiger charge is 2.25. The number of carbonyl (C=O) groups is 1. The molecule has 7 heteroatoms. The fourth-order valence-corrected chi connectivity index (χ4v) is 2.76. The number of hydrogen-bond donors (Lipinski definition) is 1. The van der Waals surface area contributed by atoms with Crippen molar-refractivity contribution in [2.45, 2.75) is 13.8 Å². The van der Waals surface area contributed by atoms with Crippen LogP contribution in [0.5, 0.6) is 0 Å². The van der Waals surface area contributed by atoms with Gasteiger partial charge in [0.05, 0.1) is 11.4 Å². The topological polar surface area (TPSA) is 74.7 Å². The minimum absolute atomic E-state index is 0.0416. The van der Waals surface area contributed by atoms with Gasteiger partial charge in [0.2, 0.25) is 10.0 Å². The summed E-state index contributed by atoms with van der Waals surface area (Å²) in [6.07, 6.45) is 0. The summed E-state index contributed by atoms with van der Waals surface area (Å²) in [4.78, 5) is 11.0. The number of rotatable bonds is 5. The van der Waals surface area contributed by atoms with E-state index in [1.807, 2.05) is 0 Å². The number of nitrogens with zero attached hydrogens (tertiary/aromatic N) is 1. The first kappa shape index (κ1) is 14.4. The normalized spacial score (nSPS) is 11.3. The molecule has 1 rings (SSSR count). The largest absolute Gasteiger partial charge is 0.478 e. The van der Waals surface area contributed by atoms with Crippen molar-refractivity contribution in [1.82, 2.24) is 0 Å². The van der Waals surface area contributed by atoms with Crippen LogP contribution in [0, 0.1) is 5.82 Å². The molecule has 18 heavy (non-hydrogen) atoms. The molecule has 1 N–H and O–H groups in total. The van der Waals surface area contributed by atoms with Crippen molar-refractivity contribution in [3.63, 3.8) is 0 Å². The molecule has 0 saturated heterocycles. The molecule has 0 aliphatic carbocycles. The molecule has 0 radical (unpaired) electrons. The molecule has 0 amide bonds. The molecular weight excluding hydrogens is 261 g/mol. The summed E-state index contributed by atoms with van der Waals surface area (Å²) in [7, 11) is -3.63. The fourth-order valence-electron chi connectivity index (χ4n) is 1.61. The van der Waals surface area contributed by atoms with E-state index in [4.69, 9.17) is 5.11 Å². The Morgan fingerprint density at radius 1 is 1.39 bits per heavy atom. The maximum absolute atomic E-state index is 13.5. The Bertz CT molecular complexity index is 556. The highest BCUT2D eigenvalue weighted by Crippen LogP contribution is 2.25. The molecular formula is C11H14FNO4S. The van der Waals surface area contributed by atoms with Gasteiger partial charge in [-0.1, -0.05) is 6.07 Å². The first-order valence-electron chi connectivity index (χ1n) is 5.37. The van der Waals surface area contributed by atoms with Crippen molar-refractivity contribution in [3.8, 4) is 0 Å². The van der Waals surface area contributed by atoms with E-state index in [9.17, 15) is 17.6 Å². The van der Waals surface area contributed by atoms with Crippen molar-refractivity contribution in [3.05, 3.63) is 29.6 Å². The van der Waals surface area contributed by atoms with Gasteiger partial charge in [-0.2, -0.15) is 0 Å². The number of aromatic carboxylic acids is 1. The molecule has 0 bridgehead atoms. The van der Waals surface area contributed by atoms with Gasteiger partial charge in [0.15, 0.2) is 0 Å². The van der Waals surface area contributed by atoms with Gasteiger partial charge in [-0.15, -0.1) is 0 Å². The number of carboxylic acid groups (broad SMARTS) is 1. The molecule has 0 aliphatic rings. The predicted octanol–water partition coefficient (Wildman–Crippen LogP) is 1.70. The number of halogens is 1. The second-order valence-corrected chi connectivity index (χ2v) is 5.69. The molecule has 0 aliphatic heterocycles. The molecule has 100 valence electrons. The third-order valence-corrected chi connectivity index (χ3v) is 4.32. The lowest BCUT2D eigenvalue weighted by Gasteiger charge is -2.23. The van der Waals surface area contributed by atoms with E-state index in [-0.39, 0.29) is 18.0 Å². The third kappa shape index (κ3) is 2.61. The van der Waals surface area contributed by atoms with Crippen molar-refractivity contribution in [2.75, 3.05) is 16.6 Å². The monoisotopic (exact) mass is 275 g/mol. The van der Waals surface area contributed by atoms with E-state index in [0.717, 1.165) is 10.4 Å². The average Bonchev–Trinajstić information content (AvgIpc) is 2.29. The lowest BCUT2D eigenvalue weighted by Crippen LogP contribution is -2.33. The Labute approximate surface area is 105 Å². The first-order valence-corrected chi connectivity index (χ1v) is 6.98. The number of carboxylic acids is 1. The summed E-state index contributed by atoms with van der Waals surface area (Å²) in [6, 6.07) is 3.55. The zero-order valence-electron chi connectivity index (χ0n) is 10.1. The summed E-state index contributed by atoms with van der Waals surface area (Å²) < 4.78 is 38.0. The van der Waals surface area contributed by atoms with Crippen LogP contribution in [0.15, 0.2) is 18.2 Å². The van der Waals surface area contributed by atoms with E-state index in [2.05, 4.69) is 0 Å². The van der Waals surface area contributed by atoms with Crippen molar-refractivity contribution in [1.29, 1.82) is 0 Å². The average molecular weight is 275 g/mol. The predicted molar refractivity (Wildman–Crippen MR) is 65.8 cm³/mol. The molecule has 1 aromatic carbocycles. The van der Waals surface area contributed by atoms with E-state index in [1.54, 1.807) is 6.92 Å². The summed E-state index contributed by atoms with van der Waals surface area (Å²) >= 11 is 0. The van der Waals surface area contributed by atoms with Crippen LogP contribution in [0.3, 0.4) is 0 Å². The van der Waals surface area contributed by atoms with E-state index in [1.165, 1.54) is 19.1 Å². The fraction of sp³-hybridized carbons (Fsp3) is 0.364. The number of hydrogen-bond acceptors (Lipinski definition) is 3. The van der Waals surface area contributed by atoms with Gasteiger partial charge in [0.25, 0.3) is 0 Å². The lowest BCUT2D eigenvalue weighted by molar-refractivity contribution is 0.0693. The first-order chi connectivity index (χ1) is 8.35. The summed E-state index contributed by atoms with van der Waals surface area (Å²) in [5, 5.41) is 8.97. The van der Waals surface area contributed by atoms with Crippen LogP contribution in [0.2, 0.25) is 0 Å². The van der Waals surface area contributed by atoms with Gasteiger partial charge >= 0.3 is 5.97 Å². The Hall–Kier alpha value is -1.63. The van der Waals surface area contributed by atoms with Gasteiger partial charge < -0.3 is 5.11 Å². The standard InChI is InChI=1S/C11H14FNO4S/c1-3-13(18(16,17)4-2)9-7-5-6-8(12)10(9)11(14)15/h5-7H,3-4H2,1-2H3,(H,14,15).